The molecule has 6 rings (SSSR count). The van der Waals surface area contributed by atoms with Gasteiger partial charge in [-0.2, -0.15) is 19.0 Å². The van der Waals surface area contributed by atoms with Crippen LogP contribution in [0, 0.1) is 0 Å². The summed E-state index contributed by atoms with van der Waals surface area (Å²) < 4.78 is 45.8. The minimum absolute atomic E-state index is 0.0683. The molecule has 2 aromatic carbocycles. The molecule has 0 unspecified atom stereocenters. The van der Waals surface area contributed by atoms with E-state index in [4.69, 9.17) is 14.2 Å². The Labute approximate surface area is 214 Å². The predicted molar refractivity (Wildman–Crippen MR) is 132 cm³/mol. The zero-order chi connectivity index (χ0) is 26.1. The fourth-order valence-corrected chi connectivity index (χ4v) is 4.00. The van der Waals surface area contributed by atoms with E-state index in [0.717, 1.165) is 0 Å². The highest BCUT2D eigenvalue weighted by atomic mass is 19.3. The molecule has 3 aromatic heterocycles. The second kappa shape index (κ2) is 9.90. The SMILES string of the molecule is O=C(Nc1cn(C2COC2)nc1-c1cc(Oc2ccccc2)ccc1OC(F)F)c1cnn2cccnc12. The monoisotopic (exact) mass is 518 g/mol. The number of hydrogen-bond acceptors (Lipinski definition) is 7. The van der Waals surface area contributed by atoms with Crippen molar-refractivity contribution in [2.45, 2.75) is 12.7 Å². The van der Waals surface area contributed by atoms with Crippen LogP contribution >= 0.6 is 0 Å². The summed E-state index contributed by atoms with van der Waals surface area (Å²) in [5.74, 6) is 0.326. The van der Waals surface area contributed by atoms with Crippen molar-refractivity contribution in [1.29, 1.82) is 0 Å². The smallest absolute Gasteiger partial charge is 0.387 e. The van der Waals surface area contributed by atoms with Crippen LogP contribution in [0.5, 0.6) is 17.2 Å². The minimum Gasteiger partial charge on any atom is -0.457 e. The second-order valence-corrected chi connectivity index (χ2v) is 8.41. The minimum atomic E-state index is -3.07. The molecule has 10 nitrogen and oxygen atoms in total. The number of hydrogen-bond donors (Lipinski definition) is 1. The molecule has 5 aromatic rings. The molecular formula is C26H20F2N6O4. The summed E-state index contributed by atoms with van der Waals surface area (Å²) in [7, 11) is 0. The van der Waals surface area contributed by atoms with Gasteiger partial charge in [-0.15, -0.1) is 0 Å². The van der Waals surface area contributed by atoms with Gasteiger partial charge in [0.2, 0.25) is 0 Å². The van der Waals surface area contributed by atoms with E-state index in [1.54, 1.807) is 47.5 Å². The maximum atomic E-state index is 13.3. The largest absolute Gasteiger partial charge is 0.457 e. The van der Waals surface area contributed by atoms with E-state index in [0.29, 0.717) is 30.4 Å². The van der Waals surface area contributed by atoms with Crippen LogP contribution in [-0.4, -0.2) is 50.1 Å². The van der Waals surface area contributed by atoms with Crippen molar-refractivity contribution in [3.8, 4) is 28.5 Å². The molecule has 1 aliphatic heterocycles. The molecule has 1 amide bonds. The average molecular weight is 518 g/mol. The number of anilines is 1. The average Bonchev–Trinajstić information content (AvgIpc) is 3.49. The highest BCUT2D eigenvalue weighted by molar-refractivity contribution is 6.09. The summed E-state index contributed by atoms with van der Waals surface area (Å²) in [4.78, 5) is 17.5. The molecule has 0 bridgehead atoms. The molecule has 0 spiro atoms. The van der Waals surface area contributed by atoms with Gasteiger partial charge in [-0.05, 0) is 36.4 Å². The number of benzene rings is 2. The van der Waals surface area contributed by atoms with E-state index in [1.165, 1.54) is 22.8 Å². The Morgan fingerprint density at radius 3 is 2.71 bits per heavy atom. The van der Waals surface area contributed by atoms with Gasteiger partial charge in [-0.25, -0.2) is 9.50 Å². The normalized spacial score (nSPS) is 13.4. The zero-order valence-electron chi connectivity index (χ0n) is 19.7. The molecule has 1 saturated heterocycles. The number of ether oxygens (including phenoxy) is 3. The first-order chi connectivity index (χ1) is 18.5. The van der Waals surface area contributed by atoms with Crippen LogP contribution in [0.3, 0.4) is 0 Å². The first kappa shape index (κ1) is 23.6. The van der Waals surface area contributed by atoms with Gasteiger partial charge in [0.15, 0.2) is 5.65 Å². The van der Waals surface area contributed by atoms with E-state index in [9.17, 15) is 13.6 Å². The lowest BCUT2D eigenvalue weighted by atomic mass is 10.1. The zero-order valence-corrected chi connectivity index (χ0v) is 19.7. The molecule has 4 heterocycles. The first-order valence-corrected chi connectivity index (χ1v) is 11.6. The lowest BCUT2D eigenvalue weighted by molar-refractivity contribution is -0.0495. The number of carbonyl (C=O) groups is 1. The maximum Gasteiger partial charge on any atom is 0.387 e. The number of halogens is 2. The fourth-order valence-electron chi connectivity index (χ4n) is 4.00. The van der Waals surface area contributed by atoms with Crippen LogP contribution in [0.2, 0.25) is 0 Å². The van der Waals surface area contributed by atoms with Gasteiger partial charge in [0.1, 0.15) is 28.5 Å². The van der Waals surface area contributed by atoms with Crippen LogP contribution in [0.1, 0.15) is 16.4 Å². The molecule has 1 fully saturated rings. The molecule has 0 radical (unpaired) electrons. The van der Waals surface area contributed by atoms with Gasteiger partial charge in [0.25, 0.3) is 5.91 Å². The van der Waals surface area contributed by atoms with Crippen LogP contribution in [0.25, 0.3) is 16.9 Å². The summed E-state index contributed by atoms with van der Waals surface area (Å²) >= 11 is 0. The van der Waals surface area contributed by atoms with Crippen molar-refractivity contribution < 1.29 is 27.8 Å². The third-order valence-electron chi connectivity index (χ3n) is 5.90. The van der Waals surface area contributed by atoms with Crippen LogP contribution < -0.4 is 14.8 Å². The van der Waals surface area contributed by atoms with E-state index >= 15 is 0 Å². The molecule has 1 N–H and O–H groups in total. The summed E-state index contributed by atoms with van der Waals surface area (Å²) in [5.41, 5.74) is 1.33. The van der Waals surface area contributed by atoms with Crippen molar-refractivity contribution >= 4 is 17.2 Å². The molecule has 0 saturated carbocycles. The molecule has 0 atom stereocenters. The predicted octanol–water partition coefficient (Wildman–Crippen LogP) is 4.81. The van der Waals surface area contributed by atoms with Gasteiger partial charge in [-0.1, -0.05) is 18.2 Å². The van der Waals surface area contributed by atoms with Crippen molar-refractivity contribution in [2.24, 2.45) is 0 Å². The van der Waals surface area contributed by atoms with E-state index < -0.39 is 12.5 Å². The van der Waals surface area contributed by atoms with Crippen LogP contribution in [0.4, 0.5) is 14.5 Å². The highest BCUT2D eigenvalue weighted by Crippen LogP contribution is 2.39. The van der Waals surface area contributed by atoms with Crippen molar-refractivity contribution in [3.63, 3.8) is 0 Å². The second-order valence-electron chi connectivity index (χ2n) is 8.41. The molecule has 0 aliphatic carbocycles. The molecule has 192 valence electrons. The van der Waals surface area contributed by atoms with Crippen molar-refractivity contribution in [3.05, 3.63) is 84.9 Å². The van der Waals surface area contributed by atoms with Gasteiger partial charge < -0.3 is 19.5 Å². The molecule has 1 aliphatic rings. The number of fused-ring (bicyclic) bond motifs is 1. The Kier molecular flexibility index (Phi) is 6.14. The summed E-state index contributed by atoms with van der Waals surface area (Å²) in [6.07, 6.45) is 6.27. The standard InChI is InChI=1S/C26H20F2N6O4/c27-26(28)38-22-8-7-18(37-17-5-2-1-3-6-17)11-19(22)23-21(13-34(32-23)16-14-36-15-16)31-25(35)20-12-30-33-10-4-9-29-24(20)33/h1-13,16,26H,14-15H2,(H,31,35). The quantitative estimate of drug-likeness (QED) is 0.314. The third kappa shape index (κ3) is 4.64. The number of nitrogens with one attached hydrogen (secondary N) is 1. The molecule has 12 heteroatoms. The molecule has 38 heavy (non-hydrogen) atoms. The number of para-hydroxylation sites is 1. The number of aromatic nitrogens is 5. The van der Waals surface area contributed by atoms with Gasteiger partial charge in [0, 0.05) is 18.6 Å². The van der Waals surface area contributed by atoms with E-state index in [-0.39, 0.29) is 34.3 Å². The lowest BCUT2D eigenvalue weighted by Gasteiger charge is -2.25. The summed E-state index contributed by atoms with van der Waals surface area (Å²) in [6, 6.07) is 15.1. The number of rotatable bonds is 8. The fraction of sp³-hybridized carbons (Fsp3) is 0.154. The Bertz CT molecular complexity index is 1600. The molecular weight excluding hydrogens is 498 g/mol. The van der Waals surface area contributed by atoms with E-state index in [2.05, 4.69) is 20.5 Å². The maximum absolute atomic E-state index is 13.3. The third-order valence-corrected chi connectivity index (χ3v) is 5.90. The first-order valence-electron chi connectivity index (χ1n) is 11.6. The Morgan fingerprint density at radius 1 is 1.11 bits per heavy atom. The Morgan fingerprint density at radius 2 is 1.95 bits per heavy atom. The highest BCUT2D eigenvalue weighted by Gasteiger charge is 2.27. The van der Waals surface area contributed by atoms with Crippen LogP contribution in [-0.2, 0) is 4.74 Å². The van der Waals surface area contributed by atoms with Crippen molar-refractivity contribution in [2.75, 3.05) is 18.5 Å². The lowest BCUT2D eigenvalue weighted by Crippen LogP contribution is -2.30. The van der Waals surface area contributed by atoms with E-state index in [1.807, 2.05) is 18.2 Å². The van der Waals surface area contributed by atoms with Gasteiger partial charge in [-0.3, -0.25) is 9.48 Å². The Hall–Kier alpha value is -4.84. The van der Waals surface area contributed by atoms with Crippen LogP contribution in [0.15, 0.2) is 79.4 Å². The Balaban J connectivity index is 1.41. The topological polar surface area (TPSA) is 105 Å². The van der Waals surface area contributed by atoms with Crippen molar-refractivity contribution in [1.82, 2.24) is 24.4 Å². The number of amides is 1. The van der Waals surface area contributed by atoms with Gasteiger partial charge >= 0.3 is 6.61 Å². The summed E-state index contributed by atoms with van der Waals surface area (Å²) in [5, 5.41) is 11.6. The number of nitrogens with zero attached hydrogens (tertiary/aromatic N) is 5. The number of alkyl halides is 2. The summed E-state index contributed by atoms with van der Waals surface area (Å²) in [6.45, 7) is -2.20. The van der Waals surface area contributed by atoms with Gasteiger partial charge in [0.05, 0.1) is 36.7 Å². The number of carbonyl (C=O) groups excluding carboxylic acids is 1.